The summed E-state index contributed by atoms with van der Waals surface area (Å²) < 4.78 is 11.3. The minimum atomic E-state index is -0.194. The molecule has 0 amide bonds. The molecule has 0 aromatic heterocycles. The number of esters is 1. The number of unbranched alkanes of at least 4 members (excludes halogenated alkanes) is 7. The zero-order valence-electron chi connectivity index (χ0n) is 15.7. The molecule has 1 aromatic rings. The third-order valence-corrected chi connectivity index (χ3v) is 4.33. The van der Waals surface area contributed by atoms with Crippen molar-refractivity contribution < 1.29 is 14.3 Å². The molecule has 3 nitrogen and oxygen atoms in total. The molecule has 0 aliphatic carbocycles. The predicted octanol–water partition coefficient (Wildman–Crippen LogP) is 6.16. The molecule has 0 saturated carbocycles. The molecular weight excluding hydrogens is 300 g/mol. The van der Waals surface area contributed by atoms with Crippen molar-refractivity contribution in [3.63, 3.8) is 0 Å². The number of hydrogen-bond donors (Lipinski definition) is 0. The Labute approximate surface area is 147 Å². The molecular formula is C21H34O3. The van der Waals surface area contributed by atoms with E-state index in [1.807, 2.05) is 32.0 Å². The van der Waals surface area contributed by atoms with Crippen LogP contribution in [0.2, 0.25) is 0 Å². The van der Waals surface area contributed by atoms with Gasteiger partial charge in [-0.3, -0.25) is 4.79 Å². The van der Waals surface area contributed by atoms with Gasteiger partial charge in [0.2, 0.25) is 0 Å². The summed E-state index contributed by atoms with van der Waals surface area (Å²) in [6.07, 6.45) is 11.0. The first kappa shape index (κ1) is 20.5. The fraction of sp³-hybridized carbons (Fsp3) is 0.667. The van der Waals surface area contributed by atoms with Gasteiger partial charge in [0, 0.05) is 0 Å². The molecule has 0 fully saturated rings. The molecule has 136 valence electrons. The summed E-state index contributed by atoms with van der Waals surface area (Å²) in [5.41, 5.74) is 0. The molecule has 0 heterocycles. The Morgan fingerprint density at radius 1 is 0.917 bits per heavy atom. The van der Waals surface area contributed by atoms with Gasteiger partial charge in [0.15, 0.2) is 11.5 Å². The number of para-hydroxylation sites is 2. The van der Waals surface area contributed by atoms with Crippen LogP contribution in [0, 0.1) is 5.92 Å². The van der Waals surface area contributed by atoms with Gasteiger partial charge in [-0.1, -0.05) is 77.8 Å². The highest BCUT2D eigenvalue weighted by atomic mass is 16.6. The van der Waals surface area contributed by atoms with Crippen molar-refractivity contribution >= 4 is 5.97 Å². The minimum Gasteiger partial charge on any atom is -0.490 e. The van der Waals surface area contributed by atoms with E-state index in [-0.39, 0.29) is 11.9 Å². The third kappa shape index (κ3) is 8.37. The quantitative estimate of drug-likeness (QED) is 0.246. The molecule has 24 heavy (non-hydrogen) atoms. The normalized spacial score (nSPS) is 12.0. The van der Waals surface area contributed by atoms with E-state index in [9.17, 15) is 4.79 Å². The highest BCUT2D eigenvalue weighted by Gasteiger charge is 2.15. The van der Waals surface area contributed by atoms with Gasteiger partial charge >= 0.3 is 5.97 Å². The molecule has 1 unspecified atom stereocenters. The fourth-order valence-electron chi connectivity index (χ4n) is 2.45. The summed E-state index contributed by atoms with van der Waals surface area (Å²) in [4.78, 5) is 11.9. The van der Waals surface area contributed by atoms with Crippen molar-refractivity contribution in [2.75, 3.05) is 6.61 Å². The molecule has 0 spiro atoms. The van der Waals surface area contributed by atoms with Gasteiger partial charge in [0.25, 0.3) is 0 Å². The molecule has 0 aliphatic rings. The van der Waals surface area contributed by atoms with E-state index in [1.54, 1.807) is 6.07 Å². The smallest absolute Gasteiger partial charge is 0.314 e. The molecule has 1 atom stereocenters. The van der Waals surface area contributed by atoms with E-state index in [0.29, 0.717) is 18.1 Å². The molecule has 0 radical (unpaired) electrons. The summed E-state index contributed by atoms with van der Waals surface area (Å²) in [5, 5.41) is 0. The monoisotopic (exact) mass is 334 g/mol. The Balaban J connectivity index is 2.26. The number of carbonyl (C=O) groups is 1. The predicted molar refractivity (Wildman–Crippen MR) is 99.6 cm³/mol. The Hall–Kier alpha value is -1.51. The SMILES string of the molecule is CCCCCCCCCCOc1ccccc1OC(=O)C(C)CC. The number of rotatable bonds is 13. The lowest BCUT2D eigenvalue weighted by Gasteiger charge is -2.13. The van der Waals surface area contributed by atoms with E-state index in [4.69, 9.17) is 9.47 Å². The second kappa shape index (κ2) is 12.9. The maximum Gasteiger partial charge on any atom is 0.314 e. The molecule has 1 rings (SSSR count). The van der Waals surface area contributed by atoms with Gasteiger partial charge < -0.3 is 9.47 Å². The first-order chi connectivity index (χ1) is 11.7. The molecule has 0 bridgehead atoms. The van der Waals surface area contributed by atoms with Gasteiger partial charge in [0.1, 0.15) is 0 Å². The van der Waals surface area contributed by atoms with Crippen LogP contribution in [0.1, 0.15) is 78.6 Å². The summed E-state index contributed by atoms with van der Waals surface area (Å²) in [6, 6.07) is 7.43. The highest BCUT2D eigenvalue weighted by molar-refractivity contribution is 5.75. The first-order valence-corrected chi connectivity index (χ1v) is 9.62. The zero-order chi connectivity index (χ0) is 17.6. The van der Waals surface area contributed by atoms with Crippen molar-refractivity contribution in [1.82, 2.24) is 0 Å². The van der Waals surface area contributed by atoms with Crippen LogP contribution in [0.4, 0.5) is 0 Å². The van der Waals surface area contributed by atoms with E-state index in [2.05, 4.69) is 6.92 Å². The van der Waals surface area contributed by atoms with Crippen molar-refractivity contribution in [3.05, 3.63) is 24.3 Å². The second-order valence-electron chi connectivity index (χ2n) is 6.50. The minimum absolute atomic E-state index is 0.0919. The van der Waals surface area contributed by atoms with Crippen LogP contribution >= 0.6 is 0 Å². The fourth-order valence-corrected chi connectivity index (χ4v) is 2.45. The standard InChI is InChI=1S/C21H34O3/c1-4-6-7-8-9-10-11-14-17-23-19-15-12-13-16-20(19)24-21(22)18(3)5-2/h12-13,15-16,18H,4-11,14,17H2,1-3H3. The van der Waals surface area contributed by atoms with E-state index in [0.717, 1.165) is 12.8 Å². The first-order valence-electron chi connectivity index (χ1n) is 9.62. The maximum absolute atomic E-state index is 11.9. The molecule has 3 heteroatoms. The van der Waals surface area contributed by atoms with Crippen molar-refractivity contribution in [2.24, 2.45) is 5.92 Å². The van der Waals surface area contributed by atoms with Crippen LogP contribution in [0.5, 0.6) is 11.5 Å². The van der Waals surface area contributed by atoms with Crippen LogP contribution in [-0.4, -0.2) is 12.6 Å². The van der Waals surface area contributed by atoms with Gasteiger partial charge in [0.05, 0.1) is 12.5 Å². The second-order valence-corrected chi connectivity index (χ2v) is 6.50. The Morgan fingerprint density at radius 3 is 2.12 bits per heavy atom. The number of ether oxygens (including phenoxy) is 2. The Bertz CT molecular complexity index is 456. The van der Waals surface area contributed by atoms with E-state index in [1.165, 1.54) is 44.9 Å². The molecule has 0 N–H and O–H groups in total. The van der Waals surface area contributed by atoms with E-state index >= 15 is 0 Å². The van der Waals surface area contributed by atoms with Gasteiger partial charge in [-0.25, -0.2) is 0 Å². The summed E-state index contributed by atoms with van der Waals surface area (Å²) >= 11 is 0. The molecule has 0 aliphatic heterocycles. The summed E-state index contributed by atoms with van der Waals surface area (Å²) in [6.45, 7) is 6.78. The van der Waals surface area contributed by atoms with Gasteiger partial charge in [-0.2, -0.15) is 0 Å². The number of benzene rings is 1. The maximum atomic E-state index is 11.9. The van der Waals surface area contributed by atoms with Crippen molar-refractivity contribution in [2.45, 2.75) is 78.6 Å². The van der Waals surface area contributed by atoms with Crippen molar-refractivity contribution in [1.29, 1.82) is 0 Å². The lowest BCUT2D eigenvalue weighted by molar-refractivity contribution is -0.138. The van der Waals surface area contributed by atoms with Crippen LogP contribution in [-0.2, 0) is 4.79 Å². The number of hydrogen-bond acceptors (Lipinski definition) is 3. The summed E-state index contributed by atoms with van der Waals surface area (Å²) in [7, 11) is 0. The average molecular weight is 335 g/mol. The molecule has 0 saturated heterocycles. The van der Waals surface area contributed by atoms with Crippen LogP contribution < -0.4 is 9.47 Å². The van der Waals surface area contributed by atoms with Crippen LogP contribution in [0.3, 0.4) is 0 Å². The summed E-state index contributed by atoms with van der Waals surface area (Å²) in [5.74, 6) is 0.908. The van der Waals surface area contributed by atoms with Gasteiger partial charge in [-0.15, -0.1) is 0 Å². The zero-order valence-corrected chi connectivity index (χ0v) is 15.7. The average Bonchev–Trinajstić information content (AvgIpc) is 2.60. The number of carbonyl (C=O) groups excluding carboxylic acids is 1. The third-order valence-electron chi connectivity index (χ3n) is 4.33. The highest BCUT2D eigenvalue weighted by Crippen LogP contribution is 2.27. The largest absolute Gasteiger partial charge is 0.490 e. The van der Waals surface area contributed by atoms with E-state index < -0.39 is 0 Å². The van der Waals surface area contributed by atoms with Crippen LogP contribution in [0.25, 0.3) is 0 Å². The Morgan fingerprint density at radius 2 is 1.50 bits per heavy atom. The van der Waals surface area contributed by atoms with Crippen molar-refractivity contribution in [3.8, 4) is 11.5 Å². The lowest BCUT2D eigenvalue weighted by atomic mass is 10.1. The Kier molecular flexibility index (Phi) is 11.0. The van der Waals surface area contributed by atoms with Gasteiger partial charge in [-0.05, 0) is 25.0 Å². The lowest BCUT2D eigenvalue weighted by Crippen LogP contribution is -2.17. The molecule has 1 aromatic carbocycles. The van der Waals surface area contributed by atoms with Crippen LogP contribution in [0.15, 0.2) is 24.3 Å². The topological polar surface area (TPSA) is 35.5 Å².